The molecule has 0 aromatic carbocycles. The van der Waals surface area contributed by atoms with E-state index >= 15 is 0 Å². The van der Waals surface area contributed by atoms with Gasteiger partial charge in [0, 0.05) is 0 Å². The van der Waals surface area contributed by atoms with Gasteiger partial charge in [0.2, 0.25) is 0 Å². The lowest BCUT2D eigenvalue weighted by molar-refractivity contribution is -0.152. The van der Waals surface area contributed by atoms with Gasteiger partial charge in [0.25, 0.3) is 0 Å². The average Bonchev–Trinajstić information content (AvgIpc) is 2.08. The summed E-state index contributed by atoms with van der Waals surface area (Å²) in [5.41, 5.74) is 5.42. The van der Waals surface area contributed by atoms with Gasteiger partial charge in [-0.05, 0) is 68.7 Å². The van der Waals surface area contributed by atoms with Crippen LogP contribution in [0.15, 0.2) is 0 Å². The molecule has 4 aliphatic carbocycles. The molecule has 2 nitrogen and oxygen atoms in total. The lowest BCUT2D eigenvalue weighted by Crippen LogP contribution is -2.54. The highest BCUT2D eigenvalue weighted by Gasteiger charge is 2.54. The fraction of sp³-hybridized carbons (Fsp3) is 1.00. The molecular formula is C12H21NO. The molecule has 0 saturated heterocycles. The molecule has 4 rings (SSSR count). The maximum absolute atomic E-state index is 10.4. The predicted molar refractivity (Wildman–Crippen MR) is 55.7 cm³/mol. The Labute approximate surface area is 85.9 Å². The van der Waals surface area contributed by atoms with Crippen LogP contribution in [0.25, 0.3) is 0 Å². The Morgan fingerprint density at radius 2 is 1.79 bits per heavy atom. The van der Waals surface area contributed by atoms with Crippen LogP contribution in [-0.2, 0) is 0 Å². The Kier molecular flexibility index (Phi) is 1.94. The van der Waals surface area contributed by atoms with Gasteiger partial charge in [-0.15, -0.1) is 0 Å². The highest BCUT2D eigenvalue weighted by molar-refractivity contribution is 5.05. The van der Waals surface area contributed by atoms with E-state index in [1.165, 1.54) is 19.3 Å². The van der Waals surface area contributed by atoms with Crippen molar-refractivity contribution in [2.45, 2.75) is 44.1 Å². The van der Waals surface area contributed by atoms with E-state index < -0.39 is 0 Å². The van der Waals surface area contributed by atoms with Crippen molar-refractivity contribution in [3.05, 3.63) is 0 Å². The quantitative estimate of drug-likeness (QED) is 0.702. The fourth-order valence-electron chi connectivity index (χ4n) is 4.75. The minimum atomic E-state index is -0.262. The standard InChI is InChI=1S/C12H21NO/c13-2-1-11-9-3-8-4-10(11)7-12(14,5-8)6-9/h8-11,14H,1-7,13H2. The molecule has 0 aromatic rings. The summed E-state index contributed by atoms with van der Waals surface area (Å²) in [6.45, 7) is 0.834. The summed E-state index contributed by atoms with van der Waals surface area (Å²) < 4.78 is 0. The van der Waals surface area contributed by atoms with E-state index in [0.29, 0.717) is 0 Å². The van der Waals surface area contributed by atoms with E-state index in [-0.39, 0.29) is 5.60 Å². The maximum atomic E-state index is 10.4. The van der Waals surface area contributed by atoms with Crippen LogP contribution in [-0.4, -0.2) is 17.3 Å². The number of aliphatic hydroxyl groups is 1. The molecule has 2 atom stereocenters. The Morgan fingerprint density at radius 3 is 2.29 bits per heavy atom. The van der Waals surface area contributed by atoms with Crippen LogP contribution >= 0.6 is 0 Å². The van der Waals surface area contributed by atoms with Gasteiger partial charge in [-0.2, -0.15) is 0 Å². The van der Waals surface area contributed by atoms with E-state index in [1.54, 1.807) is 0 Å². The van der Waals surface area contributed by atoms with Crippen molar-refractivity contribution >= 4 is 0 Å². The predicted octanol–water partition coefficient (Wildman–Crippen LogP) is 1.52. The van der Waals surface area contributed by atoms with Crippen molar-refractivity contribution in [3.8, 4) is 0 Å². The van der Waals surface area contributed by atoms with E-state index in [4.69, 9.17) is 5.73 Å². The molecule has 0 aliphatic heterocycles. The number of nitrogens with two attached hydrogens (primary N) is 1. The van der Waals surface area contributed by atoms with Crippen LogP contribution in [0, 0.1) is 23.7 Å². The first-order chi connectivity index (χ1) is 6.70. The van der Waals surface area contributed by atoms with Gasteiger partial charge in [-0.3, -0.25) is 0 Å². The van der Waals surface area contributed by atoms with Crippen LogP contribution in [0.1, 0.15) is 38.5 Å². The minimum Gasteiger partial charge on any atom is -0.390 e. The first kappa shape index (κ1) is 9.17. The molecule has 14 heavy (non-hydrogen) atoms. The van der Waals surface area contributed by atoms with Crippen LogP contribution in [0.4, 0.5) is 0 Å². The van der Waals surface area contributed by atoms with E-state index in [0.717, 1.165) is 49.5 Å². The first-order valence-corrected chi connectivity index (χ1v) is 6.13. The van der Waals surface area contributed by atoms with Crippen LogP contribution in [0.3, 0.4) is 0 Å². The second-order valence-electron chi connectivity index (χ2n) is 5.94. The summed E-state index contributed by atoms with van der Waals surface area (Å²) in [7, 11) is 0. The third kappa shape index (κ3) is 1.24. The Hall–Kier alpha value is -0.0800. The lowest BCUT2D eigenvalue weighted by atomic mass is 9.49. The molecule has 0 radical (unpaired) electrons. The summed E-state index contributed by atoms with van der Waals surface area (Å²) in [5.74, 6) is 3.29. The third-order valence-corrected chi connectivity index (χ3v) is 4.94. The van der Waals surface area contributed by atoms with Gasteiger partial charge in [0.15, 0.2) is 0 Å². The lowest BCUT2D eigenvalue weighted by Gasteiger charge is -2.58. The van der Waals surface area contributed by atoms with Gasteiger partial charge < -0.3 is 10.8 Å². The van der Waals surface area contributed by atoms with E-state index in [2.05, 4.69) is 0 Å². The second kappa shape index (κ2) is 2.96. The SMILES string of the molecule is NCCC1C2CC3CC1CC(O)(C3)C2. The van der Waals surface area contributed by atoms with Crippen molar-refractivity contribution in [3.63, 3.8) is 0 Å². The summed E-state index contributed by atoms with van der Waals surface area (Å²) in [5, 5.41) is 10.4. The Bertz CT molecular complexity index is 224. The molecule has 2 heteroatoms. The van der Waals surface area contributed by atoms with E-state index in [9.17, 15) is 5.11 Å². The molecule has 4 bridgehead atoms. The molecule has 80 valence electrons. The molecule has 4 aliphatic rings. The zero-order valence-corrected chi connectivity index (χ0v) is 8.78. The zero-order chi connectivity index (χ0) is 9.76. The molecular weight excluding hydrogens is 174 g/mol. The van der Waals surface area contributed by atoms with Gasteiger partial charge in [-0.25, -0.2) is 0 Å². The molecule has 2 unspecified atom stereocenters. The van der Waals surface area contributed by atoms with Crippen molar-refractivity contribution in [2.75, 3.05) is 6.54 Å². The molecule has 0 amide bonds. The first-order valence-electron chi connectivity index (χ1n) is 6.13. The second-order valence-corrected chi connectivity index (χ2v) is 5.94. The molecule has 3 N–H and O–H groups in total. The van der Waals surface area contributed by atoms with Gasteiger partial charge in [0.1, 0.15) is 0 Å². The Balaban J connectivity index is 1.82. The normalized spacial score (nSPS) is 55.3. The molecule has 4 saturated carbocycles. The molecule has 0 aromatic heterocycles. The number of hydrogen-bond donors (Lipinski definition) is 2. The minimum absolute atomic E-state index is 0.262. The van der Waals surface area contributed by atoms with Crippen molar-refractivity contribution < 1.29 is 5.11 Å². The molecule has 0 heterocycles. The van der Waals surface area contributed by atoms with Crippen molar-refractivity contribution in [1.82, 2.24) is 0 Å². The topological polar surface area (TPSA) is 46.2 Å². The molecule has 0 spiro atoms. The monoisotopic (exact) mass is 195 g/mol. The zero-order valence-electron chi connectivity index (χ0n) is 8.78. The summed E-state index contributed by atoms with van der Waals surface area (Å²) in [4.78, 5) is 0. The van der Waals surface area contributed by atoms with Gasteiger partial charge in [0.05, 0.1) is 5.60 Å². The number of rotatable bonds is 2. The van der Waals surface area contributed by atoms with Gasteiger partial charge in [-0.1, -0.05) is 0 Å². The van der Waals surface area contributed by atoms with Crippen molar-refractivity contribution in [1.29, 1.82) is 0 Å². The third-order valence-electron chi connectivity index (χ3n) is 4.94. The number of hydrogen-bond acceptors (Lipinski definition) is 2. The Morgan fingerprint density at radius 1 is 1.14 bits per heavy atom. The smallest absolute Gasteiger partial charge is 0.0656 e. The fourth-order valence-corrected chi connectivity index (χ4v) is 4.75. The summed E-state index contributed by atoms with van der Waals surface area (Å²) in [6.07, 6.45) is 7.19. The van der Waals surface area contributed by atoms with Gasteiger partial charge >= 0.3 is 0 Å². The molecule has 4 fully saturated rings. The average molecular weight is 195 g/mol. The highest BCUT2D eigenvalue weighted by Crippen LogP contribution is 2.58. The summed E-state index contributed by atoms with van der Waals surface area (Å²) in [6, 6.07) is 0. The summed E-state index contributed by atoms with van der Waals surface area (Å²) >= 11 is 0. The van der Waals surface area contributed by atoms with Crippen LogP contribution in [0.2, 0.25) is 0 Å². The van der Waals surface area contributed by atoms with E-state index in [1.807, 2.05) is 0 Å². The van der Waals surface area contributed by atoms with Crippen LogP contribution in [0.5, 0.6) is 0 Å². The maximum Gasteiger partial charge on any atom is 0.0656 e. The van der Waals surface area contributed by atoms with Crippen LogP contribution < -0.4 is 5.73 Å². The largest absolute Gasteiger partial charge is 0.390 e. The highest BCUT2D eigenvalue weighted by atomic mass is 16.3. The van der Waals surface area contributed by atoms with Crippen molar-refractivity contribution in [2.24, 2.45) is 29.4 Å².